The van der Waals surface area contributed by atoms with E-state index >= 15 is 0 Å². The Morgan fingerprint density at radius 3 is 2.45 bits per heavy atom. The zero-order chi connectivity index (χ0) is 22.0. The number of hydrogen-bond donors (Lipinski definition) is 0. The first-order valence-corrected chi connectivity index (χ1v) is 9.49. The number of nitro benzene ring substituents is 1. The highest BCUT2D eigenvalue weighted by atomic mass is 16.6. The largest absolute Gasteiger partial charge is 0.452 e. The maximum Gasteiger partial charge on any atom is 0.315 e. The van der Waals surface area contributed by atoms with Crippen molar-refractivity contribution in [3.05, 3.63) is 105 Å². The lowest BCUT2D eigenvalue weighted by atomic mass is 10.1. The molecule has 4 rings (SSSR count). The predicted octanol–water partition coefficient (Wildman–Crippen LogP) is 4.67. The number of non-ortho nitro benzene ring substituents is 1. The number of esters is 1. The topological polar surface area (TPSA) is 95.7 Å². The molecule has 0 spiro atoms. The summed E-state index contributed by atoms with van der Waals surface area (Å²) in [5.41, 5.74) is 2.30. The first-order valence-electron chi connectivity index (χ1n) is 9.49. The molecule has 154 valence electrons. The molecule has 0 saturated heterocycles. The second-order valence-corrected chi connectivity index (χ2v) is 6.99. The molecule has 31 heavy (non-hydrogen) atoms. The molecule has 0 unspecified atom stereocenters. The monoisotopic (exact) mass is 415 g/mol. The van der Waals surface area contributed by atoms with Gasteiger partial charge in [0.15, 0.2) is 5.76 Å². The summed E-state index contributed by atoms with van der Waals surface area (Å²) >= 11 is 0. The number of nitrogens with zero attached hydrogens (tertiary/aromatic N) is 1. The van der Waals surface area contributed by atoms with Gasteiger partial charge in [-0.2, -0.15) is 0 Å². The van der Waals surface area contributed by atoms with Crippen molar-refractivity contribution >= 4 is 23.5 Å². The van der Waals surface area contributed by atoms with Gasteiger partial charge in [0.2, 0.25) is 5.78 Å². The number of carbonyl (C=O) groups is 2. The number of fused-ring (bicyclic) bond motifs is 1. The van der Waals surface area contributed by atoms with E-state index in [0.29, 0.717) is 28.2 Å². The van der Waals surface area contributed by atoms with Gasteiger partial charge in [-0.05, 0) is 48.4 Å². The van der Waals surface area contributed by atoms with Crippen molar-refractivity contribution in [3.8, 4) is 11.5 Å². The average molecular weight is 415 g/mol. The van der Waals surface area contributed by atoms with Crippen LogP contribution in [0.25, 0.3) is 6.08 Å². The maximum atomic E-state index is 12.7. The molecule has 0 fully saturated rings. The van der Waals surface area contributed by atoms with E-state index in [2.05, 4.69) is 0 Å². The third kappa shape index (κ3) is 4.20. The van der Waals surface area contributed by atoms with Gasteiger partial charge in [-0.1, -0.05) is 30.3 Å². The summed E-state index contributed by atoms with van der Waals surface area (Å²) in [7, 11) is 0. The van der Waals surface area contributed by atoms with Gasteiger partial charge in [-0.15, -0.1) is 0 Å². The Balaban J connectivity index is 1.53. The third-order valence-electron chi connectivity index (χ3n) is 4.85. The van der Waals surface area contributed by atoms with Gasteiger partial charge in [-0.25, -0.2) is 0 Å². The van der Waals surface area contributed by atoms with Gasteiger partial charge in [0.1, 0.15) is 11.5 Å². The summed E-state index contributed by atoms with van der Waals surface area (Å²) in [6, 6.07) is 18.2. The van der Waals surface area contributed by atoms with Crippen LogP contribution in [0, 0.1) is 17.0 Å². The number of ether oxygens (including phenoxy) is 2. The molecule has 0 aliphatic carbocycles. The molecule has 0 amide bonds. The van der Waals surface area contributed by atoms with Crippen molar-refractivity contribution in [2.45, 2.75) is 13.3 Å². The highest BCUT2D eigenvalue weighted by molar-refractivity contribution is 6.15. The van der Waals surface area contributed by atoms with Crippen LogP contribution in [0.2, 0.25) is 0 Å². The van der Waals surface area contributed by atoms with Crippen LogP contribution in [0.5, 0.6) is 11.5 Å². The van der Waals surface area contributed by atoms with Gasteiger partial charge in [-0.3, -0.25) is 19.7 Å². The molecular weight excluding hydrogens is 398 g/mol. The lowest BCUT2D eigenvalue weighted by Crippen LogP contribution is -2.12. The lowest BCUT2D eigenvalue weighted by molar-refractivity contribution is -0.384. The SMILES string of the molecule is Cc1c(OC(=O)Cc2ccccc2)ccc2c1O/C(=C\c1ccc([N+](=O)[O-])cc1)C2=O. The normalized spacial score (nSPS) is 13.6. The molecule has 1 aliphatic rings. The predicted molar refractivity (Wildman–Crippen MR) is 113 cm³/mol. The summed E-state index contributed by atoms with van der Waals surface area (Å²) in [6.07, 6.45) is 1.65. The van der Waals surface area contributed by atoms with E-state index in [1.54, 1.807) is 19.1 Å². The molecule has 1 heterocycles. The van der Waals surface area contributed by atoms with Crippen LogP contribution in [0.3, 0.4) is 0 Å². The van der Waals surface area contributed by atoms with Crippen LogP contribution in [0.4, 0.5) is 5.69 Å². The summed E-state index contributed by atoms with van der Waals surface area (Å²) in [6.45, 7) is 1.71. The molecule has 0 N–H and O–H groups in total. The van der Waals surface area contributed by atoms with Crippen molar-refractivity contribution in [2.24, 2.45) is 0 Å². The number of benzene rings is 3. The Kier molecular flexibility index (Phi) is 5.32. The summed E-state index contributed by atoms with van der Waals surface area (Å²) in [4.78, 5) is 35.3. The van der Waals surface area contributed by atoms with Gasteiger partial charge in [0.05, 0.1) is 16.9 Å². The molecule has 0 aromatic heterocycles. The zero-order valence-corrected chi connectivity index (χ0v) is 16.5. The van der Waals surface area contributed by atoms with E-state index in [-0.39, 0.29) is 23.7 Å². The fraction of sp³-hybridized carbons (Fsp3) is 0.0833. The molecule has 0 radical (unpaired) electrons. The second-order valence-electron chi connectivity index (χ2n) is 6.99. The molecule has 7 heteroatoms. The van der Waals surface area contributed by atoms with Crippen LogP contribution in [0.1, 0.15) is 27.0 Å². The molecule has 0 bridgehead atoms. The minimum atomic E-state index is -0.492. The number of rotatable bonds is 5. The van der Waals surface area contributed by atoms with Crippen LogP contribution in [-0.4, -0.2) is 16.7 Å². The highest BCUT2D eigenvalue weighted by Crippen LogP contribution is 2.39. The standard InChI is InChI=1S/C24H17NO6/c1-15-20(30-22(26)14-16-5-3-2-4-6-16)12-11-19-23(27)21(31-24(15)19)13-17-7-9-18(10-8-17)25(28)29/h2-13H,14H2,1H3/b21-13-. The van der Waals surface area contributed by atoms with Gasteiger partial charge < -0.3 is 9.47 Å². The third-order valence-corrected chi connectivity index (χ3v) is 4.85. The van der Waals surface area contributed by atoms with Gasteiger partial charge >= 0.3 is 5.97 Å². The van der Waals surface area contributed by atoms with Crippen molar-refractivity contribution in [2.75, 3.05) is 0 Å². The van der Waals surface area contributed by atoms with E-state index in [9.17, 15) is 19.7 Å². The highest BCUT2D eigenvalue weighted by Gasteiger charge is 2.30. The number of allylic oxidation sites excluding steroid dienone is 1. The number of carbonyl (C=O) groups excluding carboxylic acids is 2. The van der Waals surface area contributed by atoms with E-state index in [0.717, 1.165) is 5.56 Å². The first-order chi connectivity index (χ1) is 14.9. The Morgan fingerprint density at radius 1 is 1.06 bits per heavy atom. The minimum Gasteiger partial charge on any atom is -0.452 e. The number of hydrogen-bond acceptors (Lipinski definition) is 6. The van der Waals surface area contributed by atoms with E-state index in [1.807, 2.05) is 30.3 Å². The smallest absolute Gasteiger partial charge is 0.315 e. The zero-order valence-electron chi connectivity index (χ0n) is 16.5. The molecule has 7 nitrogen and oxygen atoms in total. The molecule has 1 aliphatic heterocycles. The average Bonchev–Trinajstić information content (AvgIpc) is 3.07. The summed E-state index contributed by atoms with van der Waals surface area (Å²) < 4.78 is 11.2. The molecule has 3 aromatic carbocycles. The van der Waals surface area contributed by atoms with Crippen molar-refractivity contribution in [1.82, 2.24) is 0 Å². The fourth-order valence-corrected chi connectivity index (χ4v) is 3.24. The van der Waals surface area contributed by atoms with Crippen molar-refractivity contribution in [1.29, 1.82) is 0 Å². The van der Waals surface area contributed by atoms with Crippen molar-refractivity contribution < 1.29 is 24.0 Å². The summed E-state index contributed by atoms with van der Waals surface area (Å²) in [5, 5.41) is 10.8. The Morgan fingerprint density at radius 2 is 1.77 bits per heavy atom. The number of nitro groups is 1. The van der Waals surface area contributed by atoms with E-state index < -0.39 is 10.9 Å². The van der Waals surface area contributed by atoms with Crippen molar-refractivity contribution in [3.63, 3.8) is 0 Å². The molecule has 0 atom stereocenters. The Labute approximate surface area is 177 Å². The molecule has 0 saturated carbocycles. The summed E-state index contributed by atoms with van der Waals surface area (Å²) in [5.74, 6) is 0.0331. The molecular formula is C24H17NO6. The second kappa shape index (κ2) is 8.23. The maximum absolute atomic E-state index is 12.7. The first kappa shape index (κ1) is 20.0. The molecule has 3 aromatic rings. The van der Waals surface area contributed by atoms with E-state index in [1.165, 1.54) is 30.3 Å². The van der Waals surface area contributed by atoms with Crippen LogP contribution in [0.15, 0.2) is 72.5 Å². The quantitative estimate of drug-likeness (QED) is 0.198. The van der Waals surface area contributed by atoms with Gasteiger partial charge in [0, 0.05) is 17.7 Å². The fourth-order valence-electron chi connectivity index (χ4n) is 3.24. The van der Waals surface area contributed by atoms with Gasteiger partial charge in [0.25, 0.3) is 5.69 Å². The van der Waals surface area contributed by atoms with E-state index in [4.69, 9.17) is 9.47 Å². The Bertz CT molecular complexity index is 1210. The minimum absolute atomic E-state index is 0.0399. The number of Topliss-reactive ketones (excluding diaryl/α,β-unsaturated/α-hetero) is 1. The number of ketones is 1. The lowest BCUT2D eigenvalue weighted by Gasteiger charge is -2.10. The van der Waals surface area contributed by atoms with Crippen LogP contribution in [-0.2, 0) is 11.2 Å². The van der Waals surface area contributed by atoms with Crippen LogP contribution < -0.4 is 9.47 Å². The van der Waals surface area contributed by atoms with Crippen LogP contribution >= 0.6 is 0 Å². The Hall–Kier alpha value is -4.26.